The molecule has 0 saturated carbocycles. The number of benzene rings is 1. The number of carbonyl (C=O) groups excluding carboxylic acids is 1. The molecule has 4 rings (SSSR count). The van der Waals surface area contributed by atoms with Crippen molar-refractivity contribution in [2.24, 2.45) is 0 Å². The Balaban J connectivity index is 1.55. The lowest BCUT2D eigenvalue weighted by Gasteiger charge is -2.20. The molecule has 0 unspecified atom stereocenters. The van der Waals surface area contributed by atoms with Gasteiger partial charge in [-0.25, -0.2) is 4.98 Å². The van der Waals surface area contributed by atoms with Gasteiger partial charge in [0.15, 0.2) is 5.82 Å². The van der Waals surface area contributed by atoms with Gasteiger partial charge in [-0.15, -0.1) is 0 Å². The summed E-state index contributed by atoms with van der Waals surface area (Å²) >= 11 is 0. The summed E-state index contributed by atoms with van der Waals surface area (Å²) < 4.78 is 3.59. The monoisotopic (exact) mass is 408 g/mol. The Morgan fingerprint density at radius 1 is 1.17 bits per heavy atom. The first-order valence-corrected chi connectivity index (χ1v) is 10.6. The molecule has 1 aliphatic heterocycles. The maximum absolute atomic E-state index is 13.2. The SMILES string of the molecule is CCn1nccc1CN(C)C(=O)CCn1c(=O)c(N2CCCC2)nc2ccccc21. The van der Waals surface area contributed by atoms with Gasteiger partial charge in [-0.1, -0.05) is 12.1 Å². The van der Waals surface area contributed by atoms with Gasteiger partial charge in [0.25, 0.3) is 5.56 Å². The van der Waals surface area contributed by atoms with Crippen molar-refractivity contribution >= 4 is 22.8 Å². The number of amides is 1. The van der Waals surface area contributed by atoms with Crippen molar-refractivity contribution in [1.82, 2.24) is 24.2 Å². The van der Waals surface area contributed by atoms with E-state index in [-0.39, 0.29) is 17.9 Å². The lowest BCUT2D eigenvalue weighted by Crippen LogP contribution is -2.34. The van der Waals surface area contributed by atoms with Crippen LogP contribution in [0.5, 0.6) is 0 Å². The summed E-state index contributed by atoms with van der Waals surface area (Å²) in [6.45, 7) is 5.33. The minimum absolute atomic E-state index is 0.00521. The Labute approximate surface area is 175 Å². The minimum Gasteiger partial charge on any atom is -0.352 e. The highest BCUT2D eigenvalue weighted by Crippen LogP contribution is 2.18. The molecule has 8 heteroatoms. The summed E-state index contributed by atoms with van der Waals surface area (Å²) in [5.74, 6) is 0.494. The van der Waals surface area contributed by atoms with E-state index in [0.717, 1.165) is 49.2 Å². The molecule has 30 heavy (non-hydrogen) atoms. The van der Waals surface area contributed by atoms with Crippen LogP contribution < -0.4 is 10.5 Å². The Morgan fingerprint density at radius 2 is 1.93 bits per heavy atom. The predicted molar refractivity (Wildman–Crippen MR) is 116 cm³/mol. The van der Waals surface area contributed by atoms with Crippen molar-refractivity contribution in [3.63, 3.8) is 0 Å². The molecule has 3 heterocycles. The topological polar surface area (TPSA) is 76.3 Å². The van der Waals surface area contributed by atoms with Gasteiger partial charge in [0.05, 0.1) is 23.3 Å². The fraction of sp³-hybridized carbons (Fsp3) is 0.455. The molecular weight excluding hydrogens is 380 g/mol. The van der Waals surface area contributed by atoms with E-state index in [4.69, 9.17) is 0 Å². The number of hydrogen-bond donors (Lipinski definition) is 0. The van der Waals surface area contributed by atoms with Crippen molar-refractivity contribution in [3.05, 3.63) is 52.6 Å². The van der Waals surface area contributed by atoms with Gasteiger partial charge in [-0.3, -0.25) is 14.3 Å². The summed E-state index contributed by atoms with van der Waals surface area (Å²) in [5.41, 5.74) is 2.43. The molecule has 0 bridgehead atoms. The van der Waals surface area contributed by atoms with Crippen LogP contribution >= 0.6 is 0 Å². The molecule has 0 atom stereocenters. The van der Waals surface area contributed by atoms with Crippen LogP contribution in [0.25, 0.3) is 11.0 Å². The van der Waals surface area contributed by atoms with Crippen molar-refractivity contribution < 1.29 is 4.79 Å². The van der Waals surface area contributed by atoms with Crippen LogP contribution in [0.4, 0.5) is 5.82 Å². The molecule has 1 amide bonds. The second kappa shape index (κ2) is 8.69. The molecule has 0 N–H and O–H groups in total. The summed E-state index contributed by atoms with van der Waals surface area (Å²) in [4.78, 5) is 34.4. The fourth-order valence-electron chi connectivity index (χ4n) is 4.04. The number of aromatic nitrogens is 4. The van der Waals surface area contributed by atoms with Crippen molar-refractivity contribution in [2.75, 3.05) is 25.0 Å². The van der Waals surface area contributed by atoms with Gasteiger partial charge in [0.1, 0.15) is 0 Å². The molecule has 158 valence electrons. The summed E-state index contributed by atoms with van der Waals surface area (Å²) in [6, 6.07) is 9.57. The van der Waals surface area contributed by atoms with E-state index in [0.29, 0.717) is 18.9 Å². The van der Waals surface area contributed by atoms with E-state index >= 15 is 0 Å². The molecule has 8 nitrogen and oxygen atoms in total. The zero-order chi connectivity index (χ0) is 21.1. The zero-order valence-corrected chi connectivity index (χ0v) is 17.6. The third-order valence-electron chi connectivity index (χ3n) is 5.72. The smallest absolute Gasteiger partial charge is 0.294 e. The molecule has 2 aromatic heterocycles. The molecular formula is C22H28N6O2. The number of anilines is 1. The number of carbonyl (C=O) groups is 1. The maximum Gasteiger partial charge on any atom is 0.294 e. The van der Waals surface area contributed by atoms with E-state index < -0.39 is 0 Å². The fourth-order valence-corrected chi connectivity index (χ4v) is 4.04. The quantitative estimate of drug-likeness (QED) is 0.599. The van der Waals surface area contributed by atoms with Crippen LogP contribution in [0.2, 0.25) is 0 Å². The van der Waals surface area contributed by atoms with E-state index in [9.17, 15) is 9.59 Å². The van der Waals surface area contributed by atoms with Gasteiger partial charge in [0, 0.05) is 45.8 Å². The van der Waals surface area contributed by atoms with Crippen molar-refractivity contribution in [1.29, 1.82) is 0 Å². The molecule has 1 fully saturated rings. The lowest BCUT2D eigenvalue weighted by molar-refractivity contribution is -0.130. The number of hydrogen-bond acceptors (Lipinski definition) is 5. The highest BCUT2D eigenvalue weighted by Gasteiger charge is 2.21. The van der Waals surface area contributed by atoms with Gasteiger partial charge in [-0.05, 0) is 38.0 Å². The highest BCUT2D eigenvalue weighted by molar-refractivity contribution is 5.78. The number of nitrogens with zero attached hydrogens (tertiary/aromatic N) is 6. The molecule has 1 aromatic carbocycles. The number of aryl methyl sites for hydroxylation is 2. The summed E-state index contributed by atoms with van der Waals surface area (Å²) in [5, 5.41) is 4.26. The Morgan fingerprint density at radius 3 is 2.70 bits per heavy atom. The van der Waals surface area contributed by atoms with E-state index in [1.54, 1.807) is 22.7 Å². The average Bonchev–Trinajstić information content (AvgIpc) is 3.44. The molecule has 1 saturated heterocycles. The van der Waals surface area contributed by atoms with E-state index in [2.05, 4.69) is 15.0 Å². The minimum atomic E-state index is -0.116. The van der Waals surface area contributed by atoms with Crippen LogP contribution in [-0.2, 0) is 24.4 Å². The van der Waals surface area contributed by atoms with Gasteiger partial charge >= 0.3 is 0 Å². The first-order valence-electron chi connectivity index (χ1n) is 10.6. The first kappa shape index (κ1) is 20.1. The van der Waals surface area contributed by atoms with Crippen LogP contribution in [0.15, 0.2) is 41.3 Å². The molecule has 3 aromatic rings. The standard InChI is InChI=1S/C22H28N6O2/c1-3-28-17(10-12-23-28)16-25(2)20(29)11-15-27-19-9-5-4-8-18(19)24-21(22(27)30)26-13-6-7-14-26/h4-5,8-10,12H,3,6-7,11,13-16H2,1-2H3. The van der Waals surface area contributed by atoms with Crippen LogP contribution in [0, 0.1) is 0 Å². The second-order valence-electron chi connectivity index (χ2n) is 7.71. The molecule has 0 spiro atoms. The average molecular weight is 409 g/mol. The Hall–Kier alpha value is -3.16. The summed E-state index contributed by atoms with van der Waals surface area (Å²) in [6.07, 6.45) is 4.15. The molecule has 1 aliphatic rings. The molecule has 0 radical (unpaired) electrons. The Kier molecular flexibility index (Phi) is 5.83. The largest absolute Gasteiger partial charge is 0.352 e. The molecule has 0 aliphatic carbocycles. The van der Waals surface area contributed by atoms with E-state index in [1.165, 1.54) is 0 Å². The lowest BCUT2D eigenvalue weighted by atomic mass is 10.2. The normalized spacial score (nSPS) is 13.9. The zero-order valence-electron chi connectivity index (χ0n) is 17.6. The number of rotatable bonds is 7. The highest BCUT2D eigenvalue weighted by atomic mass is 16.2. The first-order chi connectivity index (χ1) is 14.6. The number of fused-ring (bicyclic) bond motifs is 1. The Bertz CT molecular complexity index is 1100. The number of para-hydroxylation sites is 2. The van der Waals surface area contributed by atoms with Crippen LogP contribution in [-0.4, -0.2) is 50.3 Å². The van der Waals surface area contributed by atoms with Gasteiger partial charge in [-0.2, -0.15) is 5.10 Å². The van der Waals surface area contributed by atoms with Crippen LogP contribution in [0.3, 0.4) is 0 Å². The maximum atomic E-state index is 13.2. The van der Waals surface area contributed by atoms with E-state index in [1.807, 2.05) is 41.9 Å². The third-order valence-corrected chi connectivity index (χ3v) is 5.72. The van der Waals surface area contributed by atoms with Crippen molar-refractivity contribution in [2.45, 2.75) is 45.8 Å². The summed E-state index contributed by atoms with van der Waals surface area (Å²) in [7, 11) is 1.79. The predicted octanol–water partition coefficient (Wildman–Crippen LogP) is 2.26. The van der Waals surface area contributed by atoms with Crippen molar-refractivity contribution in [3.8, 4) is 0 Å². The van der Waals surface area contributed by atoms with Gasteiger partial charge < -0.3 is 14.4 Å². The van der Waals surface area contributed by atoms with Crippen LogP contribution in [0.1, 0.15) is 31.9 Å². The third kappa shape index (κ3) is 3.94. The second-order valence-corrected chi connectivity index (χ2v) is 7.71. The van der Waals surface area contributed by atoms with Gasteiger partial charge in [0.2, 0.25) is 5.91 Å².